The van der Waals surface area contributed by atoms with Crippen LogP contribution in [0.1, 0.15) is 21.7 Å². The van der Waals surface area contributed by atoms with Gasteiger partial charge in [-0.05, 0) is 42.0 Å². The lowest BCUT2D eigenvalue weighted by Crippen LogP contribution is -2.18. The molecule has 0 aliphatic rings. The van der Waals surface area contributed by atoms with Crippen molar-refractivity contribution in [3.05, 3.63) is 95.8 Å². The van der Waals surface area contributed by atoms with E-state index in [1.54, 1.807) is 29.7 Å². The van der Waals surface area contributed by atoms with Crippen molar-refractivity contribution in [1.82, 2.24) is 15.0 Å². The minimum Gasteiger partial charge on any atom is -0.378 e. The van der Waals surface area contributed by atoms with Crippen LogP contribution in [0.5, 0.6) is 0 Å². The maximum absolute atomic E-state index is 11.4. The van der Waals surface area contributed by atoms with Gasteiger partial charge in [0.1, 0.15) is 5.82 Å². The fraction of sp³-hybridized carbons (Fsp3) is 0.0909. The molecule has 1 heterocycles. The number of anilines is 1. The van der Waals surface area contributed by atoms with Gasteiger partial charge < -0.3 is 9.88 Å². The second-order valence-corrected chi connectivity index (χ2v) is 6.46. The molecule has 0 bridgehead atoms. The van der Waals surface area contributed by atoms with E-state index in [1.165, 1.54) is 5.56 Å². The number of fused-ring (bicyclic) bond motifs is 1. The lowest BCUT2D eigenvalue weighted by Gasteiger charge is -2.11. The zero-order valence-electron chi connectivity index (χ0n) is 15.2. The third kappa shape index (κ3) is 3.72. The normalized spacial score (nSPS) is 10.8. The molecule has 1 aromatic heterocycles. The highest BCUT2D eigenvalue weighted by atomic mass is 16.5. The molecule has 6 nitrogen and oxygen atoms in total. The highest BCUT2D eigenvalue weighted by Crippen LogP contribution is 2.19. The van der Waals surface area contributed by atoms with Crippen molar-refractivity contribution in [1.29, 1.82) is 0 Å². The zero-order valence-corrected chi connectivity index (χ0v) is 15.2. The summed E-state index contributed by atoms with van der Waals surface area (Å²) >= 11 is 0. The van der Waals surface area contributed by atoms with Gasteiger partial charge in [0.25, 0.3) is 5.91 Å². The Morgan fingerprint density at radius 2 is 1.64 bits per heavy atom. The molecule has 0 atom stereocenters. The summed E-state index contributed by atoms with van der Waals surface area (Å²) in [6.45, 7) is 1.29. The van der Waals surface area contributed by atoms with E-state index in [2.05, 4.69) is 28.1 Å². The first-order valence-corrected chi connectivity index (χ1v) is 9.01. The predicted octanol–water partition coefficient (Wildman–Crippen LogP) is 3.82. The fourth-order valence-electron chi connectivity index (χ4n) is 3.19. The topological polar surface area (TPSA) is 79.2 Å². The van der Waals surface area contributed by atoms with Crippen LogP contribution in [0.25, 0.3) is 11.0 Å². The first kappa shape index (κ1) is 17.8. The number of benzene rings is 3. The number of nitrogens with zero attached hydrogens (tertiary/aromatic N) is 2. The van der Waals surface area contributed by atoms with Crippen LogP contribution in [0.3, 0.4) is 0 Å². The van der Waals surface area contributed by atoms with Crippen LogP contribution >= 0.6 is 0 Å². The lowest BCUT2D eigenvalue weighted by molar-refractivity contribution is 0.0706. The van der Waals surface area contributed by atoms with Gasteiger partial charge in [0, 0.05) is 17.8 Å². The first-order chi connectivity index (χ1) is 13.7. The van der Waals surface area contributed by atoms with Crippen molar-refractivity contribution >= 4 is 22.6 Å². The highest BCUT2D eigenvalue weighted by Gasteiger charge is 2.11. The van der Waals surface area contributed by atoms with Gasteiger partial charge in [0.05, 0.1) is 17.6 Å². The minimum atomic E-state index is -0.531. The lowest BCUT2D eigenvalue weighted by atomic mass is 10.2. The summed E-state index contributed by atoms with van der Waals surface area (Å²) in [5.41, 5.74) is 6.17. The number of carbonyl (C=O) groups is 1. The Morgan fingerprint density at radius 3 is 2.39 bits per heavy atom. The minimum absolute atomic E-state index is 0.393. The van der Waals surface area contributed by atoms with Gasteiger partial charge in [-0.1, -0.05) is 42.5 Å². The quantitative estimate of drug-likeness (QED) is 0.355. The van der Waals surface area contributed by atoms with Crippen molar-refractivity contribution in [3.8, 4) is 0 Å². The van der Waals surface area contributed by atoms with Gasteiger partial charge in [-0.3, -0.25) is 10.0 Å². The first-order valence-electron chi connectivity index (χ1n) is 9.01. The maximum Gasteiger partial charge on any atom is 0.274 e. The van der Waals surface area contributed by atoms with Gasteiger partial charge in [0.2, 0.25) is 0 Å². The SMILES string of the molecule is O=C(NO)c1ccc(NCc2nc3ccccc3n2Cc2ccccc2)cc1. The molecule has 0 spiro atoms. The molecule has 4 rings (SSSR count). The molecule has 1 amide bonds. The van der Waals surface area contributed by atoms with Crippen molar-refractivity contribution in [2.75, 3.05) is 5.32 Å². The second-order valence-electron chi connectivity index (χ2n) is 6.46. The summed E-state index contributed by atoms with van der Waals surface area (Å²) in [6.07, 6.45) is 0. The van der Waals surface area contributed by atoms with Gasteiger partial charge in [0.15, 0.2) is 0 Å². The standard InChI is InChI=1S/C22H20N4O2/c27-22(25-28)17-10-12-18(13-11-17)23-14-21-24-19-8-4-5-9-20(19)26(21)15-16-6-2-1-3-7-16/h1-13,23,28H,14-15H2,(H,25,27). The summed E-state index contributed by atoms with van der Waals surface area (Å²) in [7, 11) is 0. The van der Waals surface area contributed by atoms with E-state index < -0.39 is 5.91 Å². The van der Waals surface area contributed by atoms with Crippen molar-refractivity contribution in [2.24, 2.45) is 0 Å². The average molecular weight is 372 g/mol. The Balaban J connectivity index is 1.58. The summed E-state index contributed by atoms with van der Waals surface area (Å²) in [5, 5.41) is 12.1. The maximum atomic E-state index is 11.4. The molecule has 0 saturated heterocycles. The molecule has 0 aliphatic heterocycles. The van der Waals surface area contributed by atoms with E-state index in [0.717, 1.165) is 29.1 Å². The van der Waals surface area contributed by atoms with Gasteiger partial charge in [-0.15, -0.1) is 0 Å². The molecule has 0 saturated carbocycles. The number of para-hydroxylation sites is 2. The van der Waals surface area contributed by atoms with Crippen molar-refractivity contribution in [3.63, 3.8) is 0 Å². The molecular weight excluding hydrogens is 352 g/mol. The van der Waals surface area contributed by atoms with E-state index in [0.29, 0.717) is 12.1 Å². The smallest absolute Gasteiger partial charge is 0.274 e. The largest absolute Gasteiger partial charge is 0.378 e. The molecule has 0 aliphatic carbocycles. The Bertz CT molecular complexity index is 1090. The summed E-state index contributed by atoms with van der Waals surface area (Å²) in [5.74, 6) is 0.401. The number of hydroxylamine groups is 1. The molecule has 0 unspecified atom stereocenters. The van der Waals surface area contributed by atoms with Gasteiger partial charge in [-0.2, -0.15) is 0 Å². The van der Waals surface area contributed by atoms with E-state index >= 15 is 0 Å². The number of hydrogen-bond donors (Lipinski definition) is 3. The van der Waals surface area contributed by atoms with Crippen LogP contribution in [0, 0.1) is 0 Å². The number of aromatic nitrogens is 2. The third-order valence-corrected chi connectivity index (χ3v) is 4.62. The molecular formula is C22H20N4O2. The predicted molar refractivity (Wildman–Crippen MR) is 108 cm³/mol. The van der Waals surface area contributed by atoms with Crippen LogP contribution in [0.4, 0.5) is 5.69 Å². The molecule has 6 heteroatoms. The fourth-order valence-corrected chi connectivity index (χ4v) is 3.19. The number of nitrogens with one attached hydrogen (secondary N) is 2. The molecule has 3 aromatic carbocycles. The molecule has 0 fully saturated rings. The molecule has 3 N–H and O–H groups in total. The van der Waals surface area contributed by atoms with Crippen LogP contribution in [-0.2, 0) is 13.1 Å². The number of imidazole rings is 1. The Morgan fingerprint density at radius 1 is 0.929 bits per heavy atom. The van der Waals surface area contributed by atoms with Crippen molar-refractivity contribution < 1.29 is 10.0 Å². The van der Waals surface area contributed by atoms with Crippen LogP contribution < -0.4 is 10.8 Å². The zero-order chi connectivity index (χ0) is 19.3. The monoisotopic (exact) mass is 372 g/mol. The Hall–Kier alpha value is -3.64. The molecule has 28 heavy (non-hydrogen) atoms. The summed E-state index contributed by atoms with van der Waals surface area (Å²) < 4.78 is 2.21. The number of carbonyl (C=O) groups excluding carboxylic acids is 1. The molecule has 4 aromatic rings. The molecule has 140 valence electrons. The number of amides is 1. The van der Waals surface area contributed by atoms with E-state index in [-0.39, 0.29) is 0 Å². The summed E-state index contributed by atoms with van der Waals surface area (Å²) in [6, 6.07) is 25.3. The highest BCUT2D eigenvalue weighted by molar-refractivity contribution is 5.93. The molecule has 0 radical (unpaired) electrons. The van der Waals surface area contributed by atoms with Crippen LogP contribution in [0.2, 0.25) is 0 Å². The third-order valence-electron chi connectivity index (χ3n) is 4.62. The van der Waals surface area contributed by atoms with E-state index in [9.17, 15) is 4.79 Å². The Kier molecular flexibility index (Phi) is 5.03. The Labute approximate surface area is 162 Å². The second kappa shape index (κ2) is 7.94. The van der Waals surface area contributed by atoms with Crippen LogP contribution in [-0.4, -0.2) is 20.7 Å². The number of rotatable bonds is 6. The summed E-state index contributed by atoms with van der Waals surface area (Å²) in [4.78, 5) is 16.2. The van der Waals surface area contributed by atoms with Crippen molar-refractivity contribution in [2.45, 2.75) is 13.1 Å². The van der Waals surface area contributed by atoms with Gasteiger partial charge >= 0.3 is 0 Å². The van der Waals surface area contributed by atoms with E-state index in [1.807, 2.05) is 36.4 Å². The average Bonchev–Trinajstić information content (AvgIpc) is 3.10. The van der Waals surface area contributed by atoms with Crippen LogP contribution in [0.15, 0.2) is 78.9 Å². The van der Waals surface area contributed by atoms with E-state index in [4.69, 9.17) is 10.2 Å². The van der Waals surface area contributed by atoms with Gasteiger partial charge in [-0.25, -0.2) is 10.5 Å². The number of hydrogen-bond acceptors (Lipinski definition) is 4.